The monoisotopic (exact) mass is 181 g/mol. The minimum absolute atomic E-state index is 0.186. The Kier molecular flexibility index (Phi) is 3.73. The van der Waals surface area contributed by atoms with Crippen LogP contribution in [0.3, 0.4) is 0 Å². The van der Waals surface area contributed by atoms with Crippen LogP contribution < -0.4 is 5.23 Å². The van der Waals surface area contributed by atoms with Crippen molar-refractivity contribution in [1.82, 2.24) is 0 Å². The highest BCUT2D eigenvalue weighted by Gasteiger charge is 2.04. The van der Waals surface area contributed by atoms with Crippen molar-refractivity contribution in [2.45, 2.75) is 26.2 Å². The molecule has 1 aromatic rings. The number of para-hydroxylation sites is 1. The van der Waals surface area contributed by atoms with E-state index in [9.17, 15) is 0 Å². The van der Waals surface area contributed by atoms with Crippen molar-refractivity contribution in [3.05, 3.63) is 29.8 Å². The number of unbranched alkanes of at least 4 members (excludes halogenated alkanes) is 1. The summed E-state index contributed by atoms with van der Waals surface area (Å²) in [5.74, 6) is 0. The van der Waals surface area contributed by atoms with Crippen molar-refractivity contribution in [1.29, 1.82) is 0 Å². The lowest BCUT2D eigenvalue weighted by Gasteiger charge is -2.12. The summed E-state index contributed by atoms with van der Waals surface area (Å²) in [5.41, 5.74) is 1.44. The zero-order chi connectivity index (χ0) is 9.68. The minimum atomic E-state index is 0.186. The van der Waals surface area contributed by atoms with Gasteiger partial charge in [0.1, 0.15) is 0 Å². The van der Waals surface area contributed by atoms with Gasteiger partial charge in [-0.25, -0.2) is 0 Å². The molecule has 0 bridgehead atoms. The predicted octanol–water partition coefficient (Wildman–Crippen LogP) is 2.61. The Bertz CT molecular complexity index is 261. The number of hydrogen-bond donors (Lipinski definition) is 2. The van der Waals surface area contributed by atoms with E-state index in [4.69, 9.17) is 10.4 Å². The van der Waals surface area contributed by atoms with Gasteiger partial charge in [0.2, 0.25) is 0 Å². The Morgan fingerprint density at radius 2 is 1.92 bits per heavy atom. The molecule has 72 valence electrons. The van der Waals surface area contributed by atoms with Crippen molar-refractivity contribution in [2.24, 2.45) is 0 Å². The third-order valence-electron chi connectivity index (χ3n) is 2.01. The average molecular weight is 181 g/mol. The predicted molar refractivity (Wildman–Crippen MR) is 51.1 cm³/mol. The molecule has 0 aliphatic rings. The Labute approximate surface area is 78.1 Å². The van der Waals surface area contributed by atoms with Gasteiger partial charge in [-0.15, -0.1) is 5.23 Å². The van der Waals surface area contributed by atoms with Crippen molar-refractivity contribution in [3.63, 3.8) is 0 Å². The first-order valence-electron chi connectivity index (χ1n) is 4.51. The normalized spacial score (nSPS) is 10.1. The molecule has 0 saturated heterocycles. The first-order chi connectivity index (χ1) is 6.25. The third kappa shape index (κ3) is 2.72. The largest absolute Gasteiger partial charge is 0.264 e. The van der Waals surface area contributed by atoms with Gasteiger partial charge in [0.05, 0.1) is 5.69 Å². The summed E-state index contributed by atoms with van der Waals surface area (Å²) in [7, 11) is 0. The molecule has 2 N–H and O–H groups in total. The first-order valence-corrected chi connectivity index (χ1v) is 4.51. The molecule has 1 aromatic carbocycles. The number of anilines is 1. The van der Waals surface area contributed by atoms with E-state index in [0.717, 1.165) is 24.8 Å². The van der Waals surface area contributed by atoms with E-state index in [0.29, 0.717) is 5.69 Å². The number of aryl methyl sites for hydroxylation is 1. The van der Waals surface area contributed by atoms with Crippen LogP contribution in [0.4, 0.5) is 5.69 Å². The number of nitrogens with zero attached hydrogens (tertiary/aromatic N) is 1. The SMILES string of the molecule is CCCCc1ccccc1N(O)O. The lowest BCUT2D eigenvalue weighted by Crippen LogP contribution is -2.13. The van der Waals surface area contributed by atoms with Crippen LogP contribution in [0.2, 0.25) is 0 Å². The second-order valence-corrected chi connectivity index (χ2v) is 3.02. The molecule has 0 unspecified atom stereocenters. The van der Waals surface area contributed by atoms with Gasteiger partial charge in [-0.05, 0) is 24.5 Å². The third-order valence-corrected chi connectivity index (χ3v) is 2.01. The fraction of sp³-hybridized carbons (Fsp3) is 0.400. The van der Waals surface area contributed by atoms with Crippen LogP contribution in [-0.2, 0) is 6.42 Å². The van der Waals surface area contributed by atoms with E-state index in [1.54, 1.807) is 12.1 Å². The molecule has 3 heteroatoms. The molecule has 0 atom stereocenters. The molecular weight excluding hydrogens is 166 g/mol. The number of benzene rings is 1. The van der Waals surface area contributed by atoms with E-state index in [2.05, 4.69) is 6.92 Å². The molecular formula is C10H15NO2. The summed E-state index contributed by atoms with van der Waals surface area (Å²) in [4.78, 5) is 0. The molecule has 0 fully saturated rings. The second kappa shape index (κ2) is 4.84. The van der Waals surface area contributed by atoms with Crippen LogP contribution >= 0.6 is 0 Å². The molecule has 0 saturated carbocycles. The minimum Gasteiger partial charge on any atom is -0.264 e. The highest BCUT2D eigenvalue weighted by molar-refractivity contribution is 5.49. The van der Waals surface area contributed by atoms with E-state index in [-0.39, 0.29) is 5.23 Å². The molecule has 0 heterocycles. The zero-order valence-corrected chi connectivity index (χ0v) is 7.77. The van der Waals surface area contributed by atoms with E-state index >= 15 is 0 Å². The van der Waals surface area contributed by atoms with Crippen molar-refractivity contribution in [3.8, 4) is 0 Å². The molecule has 1 rings (SSSR count). The molecule has 0 aromatic heterocycles. The van der Waals surface area contributed by atoms with Gasteiger partial charge in [-0.2, -0.15) is 0 Å². The van der Waals surface area contributed by atoms with Gasteiger partial charge in [0.15, 0.2) is 0 Å². The Balaban J connectivity index is 2.78. The quantitative estimate of drug-likeness (QED) is 0.702. The maximum atomic E-state index is 8.89. The standard InChI is InChI=1S/C10H15NO2/c1-2-3-6-9-7-4-5-8-10(9)11(12)13/h4-5,7-8,12-13H,2-3,6H2,1H3. The summed E-state index contributed by atoms with van der Waals surface area (Å²) >= 11 is 0. The van der Waals surface area contributed by atoms with Gasteiger partial charge in [-0.1, -0.05) is 31.5 Å². The van der Waals surface area contributed by atoms with Crippen LogP contribution in [-0.4, -0.2) is 10.4 Å². The van der Waals surface area contributed by atoms with Gasteiger partial charge in [-0.3, -0.25) is 10.4 Å². The fourth-order valence-electron chi connectivity index (χ4n) is 1.28. The van der Waals surface area contributed by atoms with E-state index in [1.165, 1.54) is 0 Å². The molecule has 0 radical (unpaired) electrons. The Hall–Kier alpha value is -1.06. The zero-order valence-electron chi connectivity index (χ0n) is 7.77. The summed E-state index contributed by atoms with van der Waals surface area (Å²) < 4.78 is 0. The van der Waals surface area contributed by atoms with Crippen LogP contribution in [0.5, 0.6) is 0 Å². The second-order valence-electron chi connectivity index (χ2n) is 3.02. The van der Waals surface area contributed by atoms with Gasteiger partial charge < -0.3 is 0 Å². The lowest BCUT2D eigenvalue weighted by molar-refractivity contribution is 0.0287. The van der Waals surface area contributed by atoms with Crippen LogP contribution in [0.25, 0.3) is 0 Å². The maximum absolute atomic E-state index is 8.89. The first kappa shape index (κ1) is 10.0. The molecule has 0 spiro atoms. The Morgan fingerprint density at radius 1 is 1.23 bits per heavy atom. The molecule has 3 nitrogen and oxygen atoms in total. The topological polar surface area (TPSA) is 43.7 Å². The van der Waals surface area contributed by atoms with Crippen molar-refractivity contribution in [2.75, 3.05) is 5.23 Å². The summed E-state index contributed by atoms with van der Waals surface area (Å²) in [6.07, 6.45) is 3.04. The molecule has 0 amide bonds. The van der Waals surface area contributed by atoms with Crippen LogP contribution in [0.1, 0.15) is 25.3 Å². The molecule has 13 heavy (non-hydrogen) atoms. The van der Waals surface area contributed by atoms with Crippen molar-refractivity contribution < 1.29 is 10.4 Å². The lowest BCUT2D eigenvalue weighted by atomic mass is 10.1. The van der Waals surface area contributed by atoms with Crippen LogP contribution in [0, 0.1) is 0 Å². The molecule has 0 aliphatic heterocycles. The highest BCUT2D eigenvalue weighted by Crippen LogP contribution is 2.19. The summed E-state index contributed by atoms with van der Waals surface area (Å²) in [6.45, 7) is 2.11. The summed E-state index contributed by atoms with van der Waals surface area (Å²) in [5, 5.41) is 18.0. The average Bonchev–Trinajstić information content (AvgIpc) is 2.15. The van der Waals surface area contributed by atoms with E-state index < -0.39 is 0 Å². The fourth-order valence-corrected chi connectivity index (χ4v) is 1.28. The highest BCUT2D eigenvalue weighted by atomic mass is 16.8. The van der Waals surface area contributed by atoms with Gasteiger partial charge in [0.25, 0.3) is 0 Å². The Morgan fingerprint density at radius 3 is 2.54 bits per heavy atom. The summed E-state index contributed by atoms with van der Waals surface area (Å²) in [6, 6.07) is 7.28. The van der Waals surface area contributed by atoms with Crippen molar-refractivity contribution >= 4 is 5.69 Å². The number of rotatable bonds is 4. The number of hydrogen-bond acceptors (Lipinski definition) is 3. The smallest absolute Gasteiger partial charge is 0.0974 e. The van der Waals surface area contributed by atoms with Gasteiger partial charge >= 0.3 is 0 Å². The van der Waals surface area contributed by atoms with E-state index in [1.807, 2.05) is 12.1 Å². The van der Waals surface area contributed by atoms with Crippen LogP contribution in [0.15, 0.2) is 24.3 Å². The maximum Gasteiger partial charge on any atom is 0.0974 e. The molecule has 0 aliphatic carbocycles. The van der Waals surface area contributed by atoms with Gasteiger partial charge in [0, 0.05) is 0 Å².